The largest absolute Gasteiger partial charge is 0.444 e. The van der Waals surface area contributed by atoms with Crippen LogP contribution in [0.5, 0.6) is 0 Å². The number of amides is 1. The summed E-state index contributed by atoms with van der Waals surface area (Å²) in [4.78, 5) is 22.8. The Morgan fingerprint density at radius 3 is 2.75 bits per heavy atom. The first-order valence-electron chi connectivity index (χ1n) is 8.72. The second-order valence-corrected chi connectivity index (χ2v) is 7.61. The SMILES string of the molecule is CC(C)(C)OC(=O)N[C@H]1CCCN(c2cc(NC3CC3)ncn2)C1. The fourth-order valence-electron chi connectivity index (χ4n) is 2.81. The number of hydrogen-bond donors (Lipinski definition) is 2. The molecule has 1 aromatic rings. The molecule has 1 aromatic heterocycles. The molecule has 0 radical (unpaired) electrons. The molecule has 0 bridgehead atoms. The minimum atomic E-state index is -0.478. The second kappa shape index (κ2) is 6.83. The van der Waals surface area contributed by atoms with Crippen molar-refractivity contribution in [3.8, 4) is 0 Å². The Bertz CT molecular complexity index is 583. The van der Waals surface area contributed by atoms with E-state index in [2.05, 4.69) is 25.5 Å². The minimum absolute atomic E-state index is 0.0726. The number of carbonyl (C=O) groups excluding carboxylic acids is 1. The Morgan fingerprint density at radius 1 is 1.25 bits per heavy atom. The van der Waals surface area contributed by atoms with E-state index in [0.29, 0.717) is 6.04 Å². The molecule has 1 aliphatic heterocycles. The highest BCUT2D eigenvalue weighted by Gasteiger charge is 2.26. The van der Waals surface area contributed by atoms with Crippen LogP contribution in [0.25, 0.3) is 0 Å². The van der Waals surface area contributed by atoms with Crippen molar-refractivity contribution in [3.63, 3.8) is 0 Å². The van der Waals surface area contributed by atoms with E-state index in [9.17, 15) is 4.79 Å². The molecule has 1 aliphatic carbocycles. The monoisotopic (exact) mass is 333 g/mol. The van der Waals surface area contributed by atoms with Gasteiger partial charge < -0.3 is 20.3 Å². The van der Waals surface area contributed by atoms with E-state index in [-0.39, 0.29) is 12.1 Å². The number of piperidine rings is 1. The highest BCUT2D eigenvalue weighted by Crippen LogP contribution is 2.25. The van der Waals surface area contributed by atoms with Crippen LogP contribution in [0.3, 0.4) is 0 Å². The second-order valence-electron chi connectivity index (χ2n) is 7.61. The average Bonchev–Trinajstić information content (AvgIpc) is 3.30. The van der Waals surface area contributed by atoms with Crippen molar-refractivity contribution < 1.29 is 9.53 Å². The van der Waals surface area contributed by atoms with Crippen molar-refractivity contribution in [1.82, 2.24) is 15.3 Å². The molecule has 1 saturated heterocycles. The number of aromatic nitrogens is 2. The van der Waals surface area contributed by atoms with Gasteiger partial charge in [-0.1, -0.05) is 0 Å². The smallest absolute Gasteiger partial charge is 0.407 e. The summed E-state index contributed by atoms with van der Waals surface area (Å²) in [5.74, 6) is 1.79. The summed E-state index contributed by atoms with van der Waals surface area (Å²) in [5, 5.41) is 6.37. The summed E-state index contributed by atoms with van der Waals surface area (Å²) < 4.78 is 5.35. The summed E-state index contributed by atoms with van der Waals surface area (Å²) in [5.41, 5.74) is -0.478. The van der Waals surface area contributed by atoms with Gasteiger partial charge in [-0.05, 0) is 46.5 Å². The molecule has 24 heavy (non-hydrogen) atoms. The van der Waals surface area contributed by atoms with Gasteiger partial charge >= 0.3 is 6.09 Å². The Hall–Kier alpha value is -2.05. The lowest BCUT2D eigenvalue weighted by molar-refractivity contribution is 0.0500. The van der Waals surface area contributed by atoms with Gasteiger partial charge in [0.05, 0.1) is 0 Å². The molecule has 2 fully saturated rings. The Balaban J connectivity index is 1.57. The van der Waals surface area contributed by atoms with Gasteiger partial charge in [0.15, 0.2) is 0 Å². The average molecular weight is 333 g/mol. The summed E-state index contributed by atoms with van der Waals surface area (Å²) >= 11 is 0. The molecular weight excluding hydrogens is 306 g/mol. The van der Waals surface area contributed by atoms with Gasteiger partial charge in [0.1, 0.15) is 23.6 Å². The maximum atomic E-state index is 12.0. The first-order chi connectivity index (χ1) is 11.4. The molecule has 2 heterocycles. The van der Waals surface area contributed by atoms with Crippen molar-refractivity contribution in [1.29, 1.82) is 0 Å². The number of nitrogens with one attached hydrogen (secondary N) is 2. The summed E-state index contributed by atoms with van der Waals surface area (Å²) in [6.07, 6.45) is 5.64. The van der Waals surface area contributed by atoms with Crippen LogP contribution in [0.4, 0.5) is 16.4 Å². The fraction of sp³-hybridized carbons (Fsp3) is 0.706. The lowest BCUT2D eigenvalue weighted by Crippen LogP contribution is -2.49. The van der Waals surface area contributed by atoms with E-state index in [4.69, 9.17) is 4.74 Å². The molecular formula is C17H27N5O2. The number of nitrogens with zero attached hydrogens (tertiary/aromatic N) is 3. The lowest BCUT2D eigenvalue weighted by Gasteiger charge is -2.34. The molecule has 1 saturated carbocycles. The van der Waals surface area contributed by atoms with Gasteiger partial charge in [-0.15, -0.1) is 0 Å². The number of carbonyl (C=O) groups is 1. The first-order valence-corrected chi connectivity index (χ1v) is 8.72. The van der Waals surface area contributed by atoms with Gasteiger partial charge in [0.25, 0.3) is 0 Å². The molecule has 3 rings (SSSR count). The van der Waals surface area contributed by atoms with Crippen molar-refractivity contribution in [2.24, 2.45) is 0 Å². The molecule has 132 valence electrons. The van der Waals surface area contributed by atoms with Crippen molar-refractivity contribution in [3.05, 3.63) is 12.4 Å². The maximum Gasteiger partial charge on any atom is 0.407 e. The van der Waals surface area contributed by atoms with Crippen LogP contribution in [-0.2, 0) is 4.74 Å². The van der Waals surface area contributed by atoms with Crippen LogP contribution >= 0.6 is 0 Å². The predicted molar refractivity (Wildman–Crippen MR) is 93.3 cm³/mol. The van der Waals surface area contributed by atoms with Crippen LogP contribution in [-0.4, -0.2) is 46.8 Å². The highest BCUT2D eigenvalue weighted by molar-refractivity contribution is 5.68. The van der Waals surface area contributed by atoms with Gasteiger partial charge in [-0.25, -0.2) is 14.8 Å². The number of ether oxygens (including phenoxy) is 1. The van der Waals surface area contributed by atoms with E-state index in [1.54, 1.807) is 6.33 Å². The summed E-state index contributed by atoms with van der Waals surface area (Å²) in [7, 11) is 0. The summed E-state index contributed by atoms with van der Waals surface area (Å²) in [6.45, 7) is 7.28. The Labute approximate surface area is 143 Å². The van der Waals surface area contributed by atoms with E-state index < -0.39 is 5.60 Å². The van der Waals surface area contributed by atoms with Crippen LogP contribution in [0.15, 0.2) is 12.4 Å². The van der Waals surface area contributed by atoms with E-state index >= 15 is 0 Å². The zero-order chi connectivity index (χ0) is 17.2. The molecule has 0 spiro atoms. The van der Waals surface area contributed by atoms with Gasteiger partial charge in [-0.3, -0.25) is 0 Å². The predicted octanol–water partition coefficient (Wildman–Crippen LogP) is 2.54. The van der Waals surface area contributed by atoms with Crippen molar-refractivity contribution >= 4 is 17.7 Å². The van der Waals surface area contributed by atoms with E-state index in [1.807, 2.05) is 26.8 Å². The third kappa shape index (κ3) is 4.97. The number of alkyl carbamates (subject to hydrolysis) is 1. The number of hydrogen-bond acceptors (Lipinski definition) is 6. The summed E-state index contributed by atoms with van der Waals surface area (Å²) in [6, 6.07) is 2.63. The Morgan fingerprint density at radius 2 is 2.04 bits per heavy atom. The van der Waals surface area contributed by atoms with Gasteiger partial charge in [0, 0.05) is 31.2 Å². The zero-order valence-electron chi connectivity index (χ0n) is 14.7. The molecule has 1 amide bonds. The molecule has 0 unspecified atom stereocenters. The van der Waals surface area contributed by atoms with E-state index in [1.165, 1.54) is 12.8 Å². The maximum absolute atomic E-state index is 12.0. The van der Waals surface area contributed by atoms with Crippen molar-refractivity contribution in [2.45, 2.75) is 64.1 Å². The van der Waals surface area contributed by atoms with Crippen LogP contribution < -0.4 is 15.5 Å². The fourth-order valence-corrected chi connectivity index (χ4v) is 2.81. The molecule has 7 nitrogen and oxygen atoms in total. The van der Waals surface area contributed by atoms with E-state index in [0.717, 1.165) is 37.6 Å². The van der Waals surface area contributed by atoms with Crippen LogP contribution in [0, 0.1) is 0 Å². The molecule has 7 heteroatoms. The molecule has 1 atom stereocenters. The van der Waals surface area contributed by atoms with Gasteiger partial charge in [-0.2, -0.15) is 0 Å². The minimum Gasteiger partial charge on any atom is -0.444 e. The molecule has 2 N–H and O–H groups in total. The lowest BCUT2D eigenvalue weighted by atomic mass is 10.1. The Kier molecular flexibility index (Phi) is 4.78. The first kappa shape index (κ1) is 16.8. The highest BCUT2D eigenvalue weighted by atomic mass is 16.6. The molecule has 0 aromatic carbocycles. The number of anilines is 2. The van der Waals surface area contributed by atoms with Crippen molar-refractivity contribution in [2.75, 3.05) is 23.3 Å². The number of rotatable bonds is 4. The van der Waals surface area contributed by atoms with Crippen LogP contribution in [0.1, 0.15) is 46.5 Å². The molecule has 2 aliphatic rings. The van der Waals surface area contributed by atoms with Gasteiger partial charge in [0.2, 0.25) is 0 Å². The standard InChI is InChI=1S/C17H27N5O2/c1-17(2,3)24-16(23)21-13-5-4-8-22(10-13)15-9-14(18-11-19-15)20-12-6-7-12/h9,11-13H,4-8,10H2,1-3H3,(H,21,23)(H,18,19,20)/t13-/m0/s1. The quantitative estimate of drug-likeness (QED) is 0.881. The third-order valence-corrected chi connectivity index (χ3v) is 4.05. The normalized spacial score (nSPS) is 21.3. The van der Waals surface area contributed by atoms with Crippen LogP contribution in [0.2, 0.25) is 0 Å². The third-order valence-electron chi connectivity index (χ3n) is 4.05. The topological polar surface area (TPSA) is 79.4 Å². The zero-order valence-corrected chi connectivity index (χ0v) is 14.7.